The van der Waals surface area contributed by atoms with Crippen molar-refractivity contribution in [2.75, 3.05) is 13.7 Å². The van der Waals surface area contributed by atoms with Crippen LogP contribution in [0, 0.1) is 0 Å². The first-order valence-corrected chi connectivity index (χ1v) is 4.60. The van der Waals surface area contributed by atoms with E-state index in [0.29, 0.717) is 24.2 Å². The fraction of sp³-hybridized carbons (Fsp3) is 0.400. The van der Waals surface area contributed by atoms with Gasteiger partial charge in [-0.05, 0) is 18.5 Å². The number of methoxy groups -OCH3 is 1. The van der Waals surface area contributed by atoms with Gasteiger partial charge in [0.2, 0.25) is 0 Å². The standard InChI is InChI=1S/C10H15N3O2/c1-7(4-5-11)8-6-13(2)12-9(8)10(14)15-3/h6H,1,4-5,11H2,2-3H3. The van der Waals surface area contributed by atoms with Crippen LogP contribution in [0.25, 0.3) is 5.57 Å². The van der Waals surface area contributed by atoms with Crippen molar-refractivity contribution in [3.8, 4) is 0 Å². The zero-order valence-electron chi connectivity index (χ0n) is 8.99. The summed E-state index contributed by atoms with van der Waals surface area (Å²) in [5.41, 5.74) is 7.22. The zero-order chi connectivity index (χ0) is 11.4. The Bertz CT molecular complexity index is 382. The van der Waals surface area contributed by atoms with Crippen molar-refractivity contribution in [2.24, 2.45) is 12.8 Å². The third-order valence-electron chi connectivity index (χ3n) is 2.03. The Morgan fingerprint density at radius 3 is 2.93 bits per heavy atom. The van der Waals surface area contributed by atoms with Crippen LogP contribution in [-0.2, 0) is 11.8 Å². The van der Waals surface area contributed by atoms with E-state index < -0.39 is 5.97 Å². The van der Waals surface area contributed by atoms with Gasteiger partial charge in [0.1, 0.15) is 0 Å². The van der Waals surface area contributed by atoms with Gasteiger partial charge in [-0.3, -0.25) is 4.68 Å². The second-order valence-electron chi connectivity index (χ2n) is 3.20. The van der Waals surface area contributed by atoms with Gasteiger partial charge in [0, 0.05) is 18.8 Å². The number of rotatable bonds is 4. The molecule has 0 unspecified atom stereocenters. The maximum atomic E-state index is 11.4. The van der Waals surface area contributed by atoms with Crippen molar-refractivity contribution in [3.05, 3.63) is 24.0 Å². The van der Waals surface area contributed by atoms with E-state index in [9.17, 15) is 4.79 Å². The lowest BCUT2D eigenvalue weighted by Gasteiger charge is -2.02. The molecule has 2 N–H and O–H groups in total. The molecule has 0 radical (unpaired) electrons. The van der Waals surface area contributed by atoms with Crippen molar-refractivity contribution in [2.45, 2.75) is 6.42 Å². The number of nitrogens with two attached hydrogens (primary N) is 1. The molecule has 1 heterocycles. The average molecular weight is 209 g/mol. The molecular weight excluding hydrogens is 194 g/mol. The summed E-state index contributed by atoms with van der Waals surface area (Å²) in [7, 11) is 3.07. The predicted octanol–water partition coefficient (Wildman–Crippen LogP) is 0.569. The molecule has 0 amide bonds. The van der Waals surface area contributed by atoms with Crippen molar-refractivity contribution < 1.29 is 9.53 Å². The minimum Gasteiger partial charge on any atom is -0.464 e. The Hall–Kier alpha value is -1.62. The first-order chi connectivity index (χ1) is 7.10. The van der Waals surface area contributed by atoms with Crippen molar-refractivity contribution in [1.82, 2.24) is 9.78 Å². The van der Waals surface area contributed by atoms with E-state index >= 15 is 0 Å². The van der Waals surface area contributed by atoms with Crippen molar-refractivity contribution in [3.63, 3.8) is 0 Å². The topological polar surface area (TPSA) is 70.1 Å². The summed E-state index contributed by atoms with van der Waals surface area (Å²) >= 11 is 0. The second kappa shape index (κ2) is 4.75. The average Bonchev–Trinajstić information content (AvgIpc) is 2.59. The molecule has 0 aliphatic carbocycles. The minimum absolute atomic E-state index is 0.290. The van der Waals surface area contributed by atoms with Gasteiger partial charge in [-0.25, -0.2) is 4.79 Å². The largest absolute Gasteiger partial charge is 0.464 e. The molecular formula is C10H15N3O2. The maximum absolute atomic E-state index is 11.4. The van der Waals surface area contributed by atoms with Crippen LogP contribution in [0.4, 0.5) is 0 Å². The molecule has 0 saturated heterocycles. The molecule has 0 fully saturated rings. The normalized spacial score (nSPS) is 10.1. The van der Waals surface area contributed by atoms with Crippen LogP contribution in [-0.4, -0.2) is 29.4 Å². The number of carbonyl (C=O) groups excluding carboxylic acids is 1. The minimum atomic E-state index is -0.455. The Balaban J connectivity index is 3.06. The van der Waals surface area contributed by atoms with E-state index in [4.69, 9.17) is 5.73 Å². The summed E-state index contributed by atoms with van der Waals surface area (Å²) in [5.74, 6) is -0.455. The van der Waals surface area contributed by atoms with Gasteiger partial charge >= 0.3 is 5.97 Å². The Kier molecular flexibility index (Phi) is 3.62. The summed E-state index contributed by atoms with van der Waals surface area (Å²) < 4.78 is 6.19. The molecule has 5 nitrogen and oxygen atoms in total. The van der Waals surface area contributed by atoms with E-state index in [1.165, 1.54) is 7.11 Å². The van der Waals surface area contributed by atoms with Gasteiger partial charge in [-0.2, -0.15) is 5.10 Å². The Labute approximate surface area is 88.5 Å². The highest BCUT2D eigenvalue weighted by Crippen LogP contribution is 2.19. The van der Waals surface area contributed by atoms with Gasteiger partial charge in [-0.15, -0.1) is 0 Å². The van der Waals surface area contributed by atoms with E-state index in [1.54, 1.807) is 17.9 Å². The molecule has 0 bridgehead atoms. The van der Waals surface area contributed by atoms with Crippen LogP contribution in [0.5, 0.6) is 0 Å². The molecule has 0 aliphatic heterocycles. The number of esters is 1. The summed E-state index contributed by atoms with van der Waals surface area (Å²) in [6.45, 7) is 4.36. The number of ether oxygens (including phenoxy) is 1. The van der Waals surface area contributed by atoms with E-state index in [2.05, 4.69) is 16.4 Å². The van der Waals surface area contributed by atoms with Crippen molar-refractivity contribution >= 4 is 11.5 Å². The first kappa shape index (κ1) is 11.5. The van der Waals surface area contributed by atoms with Crippen LogP contribution < -0.4 is 5.73 Å². The lowest BCUT2D eigenvalue weighted by atomic mass is 10.1. The molecule has 0 aliphatic rings. The first-order valence-electron chi connectivity index (χ1n) is 4.60. The monoisotopic (exact) mass is 209 g/mol. The fourth-order valence-corrected chi connectivity index (χ4v) is 1.30. The molecule has 82 valence electrons. The fourth-order valence-electron chi connectivity index (χ4n) is 1.30. The molecule has 1 aromatic heterocycles. The van der Waals surface area contributed by atoms with Crippen LogP contribution in [0.2, 0.25) is 0 Å². The molecule has 15 heavy (non-hydrogen) atoms. The van der Waals surface area contributed by atoms with E-state index in [0.717, 1.165) is 5.57 Å². The van der Waals surface area contributed by atoms with Gasteiger partial charge in [0.25, 0.3) is 0 Å². The summed E-state index contributed by atoms with van der Waals surface area (Å²) in [6, 6.07) is 0. The summed E-state index contributed by atoms with van der Waals surface area (Å²) in [5, 5.41) is 4.03. The van der Waals surface area contributed by atoms with Crippen LogP contribution >= 0.6 is 0 Å². The van der Waals surface area contributed by atoms with Crippen LogP contribution in [0.15, 0.2) is 12.8 Å². The van der Waals surface area contributed by atoms with E-state index in [-0.39, 0.29) is 0 Å². The highest BCUT2D eigenvalue weighted by Gasteiger charge is 2.17. The second-order valence-corrected chi connectivity index (χ2v) is 3.20. The smallest absolute Gasteiger partial charge is 0.359 e. The van der Waals surface area contributed by atoms with Crippen LogP contribution in [0.1, 0.15) is 22.5 Å². The molecule has 1 aromatic rings. The third-order valence-corrected chi connectivity index (χ3v) is 2.03. The molecule has 5 heteroatoms. The molecule has 0 spiro atoms. The maximum Gasteiger partial charge on any atom is 0.359 e. The lowest BCUT2D eigenvalue weighted by molar-refractivity contribution is 0.0593. The highest BCUT2D eigenvalue weighted by molar-refractivity contribution is 5.93. The van der Waals surface area contributed by atoms with Crippen LogP contribution in [0.3, 0.4) is 0 Å². The molecule has 0 saturated carbocycles. The number of nitrogens with zero attached hydrogens (tertiary/aromatic N) is 2. The van der Waals surface area contributed by atoms with E-state index in [1.807, 2.05) is 0 Å². The molecule has 0 aromatic carbocycles. The van der Waals surface area contributed by atoms with Gasteiger partial charge < -0.3 is 10.5 Å². The van der Waals surface area contributed by atoms with Gasteiger partial charge in [0.15, 0.2) is 5.69 Å². The third kappa shape index (κ3) is 2.44. The summed E-state index contributed by atoms with van der Waals surface area (Å²) in [6.07, 6.45) is 2.37. The quantitative estimate of drug-likeness (QED) is 0.736. The lowest BCUT2D eigenvalue weighted by Crippen LogP contribution is -2.06. The van der Waals surface area contributed by atoms with Crippen molar-refractivity contribution in [1.29, 1.82) is 0 Å². The zero-order valence-corrected chi connectivity index (χ0v) is 8.99. The number of aryl methyl sites for hydroxylation is 1. The SMILES string of the molecule is C=C(CCN)c1cn(C)nc1C(=O)OC. The molecule has 1 rings (SSSR count). The summed E-state index contributed by atoms with van der Waals surface area (Å²) in [4.78, 5) is 11.4. The predicted molar refractivity (Wildman–Crippen MR) is 57.3 cm³/mol. The molecule has 0 atom stereocenters. The Morgan fingerprint density at radius 2 is 2.40 bits per heavy atom. The van der Waals surface area contributed by atoms with Gasteiger partial charge in [-0.1, -0.05) is 6.58 Å². The highest BCUT2D eigenvalue weighted by atomic mass is 16.5. The van der Waals surface area contributed by atoms with Gasteiger partial charge in [0.05, 0.1) is 7.11 Å². The number of aromatic nitrogens is 2. The number of carbonyl (C=O) groups is 1. The Morgan fingerprint density at radius 1 is 1.73 bits per heavy atom. The number of hydrogen-bond acceptors (Lipinski definition) is 4. The number of hydrogen-bond donors (Lipinski definition) is 1.